The molecule has 0 rings (SSSR count). The largest absolute Gasteiger partial charge is 0.965 e. The first-order valence-electron chi connectivity index (χ1n) is 6.67. The van der Waals surface area contributed by atoms with Crippen molar-refractivity contribution in [2.45, 2.75) is 20.8 Å². The highest BCUT2D eigenvalue weighted by Crippen LogP contribution is 2.21. The second kappa shape index (κ2) is 16.5. The van der Waals surface area contributed by atoms with Crippen LogP contribution in [0.5, 0.6) is 0 Å². The van der Waals surface area contributed by atoms with Crippen LogP contribution in [0.25, 0.3) is 0 Å². The molecular weight excluding hydrogens is 344 g/mol. The van der Waals surface area contributed by atoms with Gasteiger partial charge in [0.05, 0.1) is 29.8 Å². The Morgan fingerprint density at radius 2 is 1.09 bits per heavy atom. The van der Waals surface area contributed by atoms with Crippen LogP contribution in [0.3, 0.4) is 0 Å². The van der Waals surface area contributed by atoms with E-state index in [1.165, 1.54) is 12.5 Å². The van der Waals surface area contributed by atoms with Gasteiger partial charge in [-0.1, -0.05) is 32.9 Å². The van der Waals surface area contributed by atoms with E-state index in [-0.39, 0.29) is 0 Å². The molecule has 0 spiro atoms. The van der Waals surface area contributed by atoms with Gasteiger partial charge in [-0.2, -0.15) is 0 Å². The molecule has 0 aliphatic carbocycles. The highest BCUT2D eigenvalue weighted by atomic mass is 28.4. The standard InChI is InChI=1S/C11H18O4Si.C2H6OSi.C2H6Si/c1-8-12-16(13-9(2)3,14-10(4)5)15-11(6)7;1-2-3-4;1-2-3/h8H,1-2,4,6H2,3,5,7H3;2H,1H2,4H3;2H,1H2,3H3. The Hall–Kier alpha value is -1.91. The van der Waals surface area contributed by atoms with Crippen LogP contribution < -0.4 is 0 Å². The average molecular weight is 375 g/mol. The molecule has 0 saturated heterocycles. The number of allylic oxidation sites excluding steroid dienone is 3. The summed E-state index contributed by atoms with van der Waals surface area (Å²) in [6.45, 7) is 26.0. The summed E-state index contributed by atoms with van der Waals surface area (Å²) in [7, 11) is -1.50. The Kier molecular flexibility index (Phi) is 18.6. The van der Waals surface area contributed by atoms with Gasteiger partial charge in [0.2, 0.25) is 10.5 Å². The summed E-state index contributed by atoms with van der Waals surface area (Å²) in [5.41, 5.74) is 1.89. The summed E-state index contributed by atoms with van der Waals surface area (Å²) in [5.74, 6) is 1.24. The lowest BCUT2D eigenvalue weighted by Gasteiger charge is -2.26. The first-order chi connectivity index (χ1) is 10.6. The smallest absolute Gasteiger partial charge is 0.559 e. The Balaban J connectivity index is -0.000000480. The van der Waals surface area contributed by atoms with E-state index in [1.807, 2.05) is 5.70 Å². The van der Waals surface area contributed by atoms with E-state index < -0.39 is 9.05 Å². The van der Waals surface area contributed by atoms with Crippen molar-refractivity contribution in [3.63, 3.8) is 0 Å². The van der Waals surface area contributed by atoms with Crippen molar-refractivity contribution < 1.29 is 22.1 Å². The highest BCUT2D eigenvalue weighted by molar-refractivity contribution is 6.54. The van der Waals surface area contributed by atoms with Crippen molar-refractivity contribution in [2.75, 3.05) is 0 Å². The zero-order valence-corrected chi connectivity index (χ0v) is 20.0. The summed E-state index contributed by atoms with van der Waals surface area (Å²) in [4.78, 5) is 0. The van der Waals surface area contributed by atoms with Gasteiger partial charge in [0.15, 0.2) is 0 Å². The minimum Gasteiger partial charge on any atom is -0.559 e. The van der Waals surface area contributed by atoms with Crippen LogP contribution in [0.1, 0.15) is 20.8 Å². The van der Waals surface area contributed by atoms with E-state index in [1.54, 1.807) is 20.8 Å². The van der Waals surface area contributed by atoms with Crippen LogP contribution in [-0.2, 0) is 22.1 Å². The molecule has 0 N–H and O–H groups in total. The SMILES string of the molecule is C=CO[SiH3].C=CO[Si](OC(=C)C)(OC(=C)C)OC(=C)C.C=C[SiH3]. The van der Waals surface area contributed by atoms with Crippen molar-refractivity contribution in [2.24, 2.45) is 0 Å². The fourth-order valence-corrected chi connectivity index (χ4v) is 2.63. The topological polar surface area (TPSA) is 46.2 Å². The van der Waals surface area contributed by atoms with Crippen LogP contribution in [-0.4, -0.2) is 29.8 Å². The maximum Gasteiger partial charge on any atom is 0.965 e. The monoisotopic (exact) mass is 374 g/mol. The molecule has 0 saturated carbocycles. The molecule has 0 radical (unpaired) electrons. The lowest BCUT2D eigenvalue weighted by molar-refractivity contribution is 0.0524. The Morgan fingerprint density at radius 3 is 1.22 bits per heavy atom. The van der Waals surface area contributed by atoms with Crippen LogP contribution in [0.4, 0.5) is 0 Å². The predicted molar refractivity (Wildman–Crippen MR) is 106 cm³/mol. The summed E-state index contributed by atoms with van der Waals surface area (Å²) >= 11 is 0. The summed E-state index contributed by atoms with van der Waals surface area (Å²) in [6.07, 6.45) is 2.63. The van der Waals surface area contributed by atoms with E-state index in [4.69, 9.17) is 17.7 Å². The maximum atomic E-state index is 5.38. The predicted octanol–water partition coefficient (Wildman–Crippen LogP) is 2.15. The van der Waals surface area contributed by atoms with Crippen molar-refractivity contribution >= 4 is 29.8 Å². The molecule has 23 heavy (non-hydrogen) atoms. The normalized spacial score (nSPS) is 8.65. The minimum absolute atomic E-state index is 0.413. The van der Waals surface area contributed by atoms with Gasteiger partial charge in [-0.3, -0.25) is 0 Å². The first kappa shape index (κ1) is 26.0. The van der Waals surface area contributed by atoms with Gasteiger partial charge in [0.25, 0.3) is 0 Å². The third kappa shape index (κ3) is 20.1. The van der Waals surface area contributed by atoms with E-state index >= 15 is 0 Å². The molecule has 132 valence electrons. The van der Waals surface area contributed by atoms with Crippen LogP contribution in [0, 0.1) is 0 Å². The van der Waals surface area contributed by atoms with Crippen molar-refractivity contribution in [1.29, 1.82) is 0 Å². The molecule has 8 heteroatoms. The second-order valence-corrected chi connectivity index (χ2v) is 7.14. The zero-order chi connectivity index (χ0) is 18.9. The molecule has 0 aliphatic heterocycles. The van der Waals surface area contributed by atoms with E-state index in [2.05, 4.69) is 43.9 Å². The number of hydrogen-bond donors (Lipinski definition) is 0. The average Bonchev–Trinajstić information content (AvgIpc) is 2.37. The lowest BCUT2D eigenvalue weighted by Crippen LogP contribution is -2.46. The van der Waals surface area contributed by atoms with E-state index in [0.29, 0.717) is 17.3 Å². The van der Waals surface area contributed by atoms with E-state index in [0.717, 1.165) is 20.7 Å². The second-order valence-electron chi connectivity index (χ2n) is 4.01. The molecule has 0 bridgehead atoms. The zero-order valence-electron chi connectivity index (χ0n) is 15.0. The minimum atomic E-state index is -3.40. The van der Waals surface area contributed by atoms with Crippen molar-refractivity contribution in [3.05, 3.63) is 75.0 Å². The quantitative estimate of drug-likeness (QED) is 0.457. The molecule has 0 aliphatic rings. The van der Waals surface area contributed by atoms with Crippen molar-refractivity contribution in [1.82, 2.24) is 0 Å². The molecule has 0 fully saturated rings. The Morgan fingerprint density at radius 1 is 0.826 bits per heavy atom. The van der Waals surface area contributed by atoms with Crippen LogP contribution in [0.15, 0.2) is 75.0 Å². The molecule has 0 heterocycles. The third-order valence-electron chi connectivity index (χ3n) is 1.29. The number of rotatable bonds is 9. The summed E-state index contributed by atoms with van der Waals surface area (Å²) in [6, 6.07) is 0. The maximum absolute atomic E-state index is 5.38. The van der Waals surface area contributed by atoms with Crippen LogP contribution >= 0.6 is 0 Å². The molecule has 0 aromatic heterocycles. The fraction of sp³-hybridized carbons (Fsp3) is 0.200. The fourth-order valence-electron chi connectivity index (χ4n) is 0.877. The highest BCUT2D eigenvalue weighted by Gasteiger charge is 2.56. The molecule has 0 unspecified atom stereocenters. The first-order valence-corrected chi connectivity index (χ1v) is 10.3. The molecule has 5 nitrogen and oxygen atoms in total. The summed E-state index contributed by atoms with van der Waals surface area (Å²) in [5, 5.41) is 0. The Bertz CT molecular complexity index is 367. The molecule has 0 atom stereocenters. The van der Waals surface area contributed by atoms with Gasteiger partial charge in [-0.05, 0) is 20.8 Å². The van der Waals surface area contributed by atoms with Gasteiger partial charge in [0.1, 0.15) is 0 Å². The van der Waals surface area contributed by atoms with Gasteiger partial charge >= 0.3 is 9.05 Å². The van der Waals surface area contributed by atoms with E-state index in [9.17, 15) is 0 Å². The van der Waals surface area contributed by atoms with Crippen molar-refractivity contribution in [3.8, 4) is 0 Å². The molecule has 0 aromatic carbocycles. The third-order valence-corrected chi connectivity index (χ3v) is 3.88. The Labute approximate surface area is 148 Å². The summed E-state index contributed by atoms with van der Waals surface area (Å²) < 4.78 is 25.8. The molecule has 0 amide bonds. The number of hydrogen-bond acceptors (Lipinski definition) is 5. The lowest BCUT2D eigenvalue weighted by atomic mass is 10.7. The van der Waals surface area contributed by atoms with Crippen LogP contribution in [0.2, 0.25) is 0 Å². The van der Waals surface area contributed by atoms with Gasteiger partial charge < -0.3 is 22.1 Å². The molecule has 0 aromatic rings. The van der Waals surface area contributed by atoms with Gasteiger partial charge in [-0.25, -0.2) is 0 Å². The molecular formula is C15H30O5Si3. The van der Waals surface area contributed by atoms with Gasteiger partial charge in [-0.15, -0.1) is 12.3 Å². The van der Waals surface area contributed by atoms with Gasteiger partial charge in [0, 0.05) is 10.2 Å².